The zero-order valence-electron chi connectivity index (χ0n) is 9.65. The zero-order valence-corrected chi connectivity index (χ0v) is 9.65. The quantitative estimate of drug-likeness (QED) is 0.477. The molecule has 0 aromatic carbocycles. The number of hydrogen-bond acceptors (Lipinski definition) is 6. The molecular weight excluding hydrogens is 273 g/mol. The van der Waals surface area contributed by atoms with Crippen LogP contribution in [0.1, 0.15) is 16.1 Å². The highest BCUT2D eigenvalue weighted by Crippen LogP contribution is 2.28. The van der Waals surface area contributed by atoms with Crippen LogP contribution < -0.4 is 4.74 Å². The standard InChI is InChI=1S/C9H7F3N2O5/c1-4-5(14(16)17)3-6(19-9(10,11)12)13-7(4)8(15)18-2/h3H,1-2H3. The lowest BCUT2D eigenvalue weighted by molar-refractivity contribution is -0.385. The van der Waals surface area contributed by atoms with Gasteiger partial charge in [0.1, 0.15) is 0 Å². The van der Waals surface area contributed by atoms with E-state index in [0.717, 1.165) is 14.0 Å². The molecule has 0 spiro atoms. The Labute approximate surface area is 104 Å². The van der Waals surface area contributed by atoms with Crippen molar-refractivity contribution >= 4 is 11.7 Å². The van der Waals surface area contributed by atoms with Crippen molar-refractivity contribution < 1.29 is 32.4 Å². The minimum Gasteiger partial charge on any atom is -0.464 e. The van der Waals surface area contributed by atoms with Crippen LogP contribution >= 0.6 is 0 Å². The third kappa shape index (κ3) is 3.53. The highest BCUT2D eigenvalue weighted by atomic mass is 19.4. The number of carbonyl (C=O) groups is 1. The van der Waals surface area contributed by atoms with Crippen LogP contribution in [0, 0.1) is 17.0 Å². The lowest BCUT2D eigenvalue weighted by Crippen LogP contribution is -2.19. The number of aromatic nitrogens is 1. The summed E-state index contributed by atoms with van der Waals surface area (Å²) in [6.45, 7) is 1.16. The van der Waals surface area contributed by atoms with E-state index in [9.17, 15) is 28.1 Å². The van der Waals surface area contributed by atoms with Crippen molar-refractivity contribution in [1.29, 1.82) is 0 Å². The number of nitrogens with zero attached hydrogens (tertiary/aromatic N) is 2. The van der Waals surface area contributed by atoms with Crippen molar-refractivity contribution in [2.24, 2.45) is 0 Å². The van der Waals surface area contributed by atoms with Crippen LogP contribution in [-0.2, 0) is 4.74 Å². The average Bonchev–Trinajstić information content (AvgIpc) is 2.27. The smallest absolute Gasteiger partial charge is 0.464 e. The number of alkyl halides is 3. The highest BCUT2D eigenvalue weighted by molar-refractivity contribution is 5.90. The van der Waals surface area contributed by atoms with E-state index in [4.69, 9.17) is 0 Å². The molecule has 0 saturated heterocycles. The molecule has 0 radical (unpaired) electrons. The fraction of sp³-hybridized carbons (Fsp3) is 0.333. The summed E-state index contributed by atoms with van der Waals surface area (Å²) in [5, 5.41) is 10.7. The highest BCUT2D eigenvalue weighted by Gasteiger charge is 2.34. The normalized spacial score (nSPS) is 11.0. The molecule has 0 amide bonds. The summed E-state index contributed by atoms with van der Waals surface area (Å²) in [5.74, 6) is -2.21. The minimum absolute atomic E-state index is 0.216. The van der Waals surface area contributed by atoms with Gasteiger partial charge in [-0.3, -0.25) is 10.1 Å². The second-order valence-electron chi connectivity index (χ2n) is 3.25. The molecule has 0 atom stereocenters. The zero-order chi connectivity index (χ0) is 14.8. The van der Waals surface area contributed by atoms with Crippen LogP contribution in [0.15, 0.2) is 6.07 Å². The average molecular weight is 280 g/mol. The van der Waals surface area contributed by atoms with E-state index in [-0.39, 0.29) is 5.56 Å². The monoisotopic (exact) mass is 280 g/mol. The van der Waals surface area contributed by atoms with Crippen molar-refractivity contribution in [3.8, 4) is 5.88 Å². The maximum absolute atomic E-state index is 12.0. The van der Waals surface area contributed by atoms with Gasteiger partial charge in [0.15, 0.2) is 5.69 Å². The number of ether oxygens (including phenoxy) is 2. The van der Waals surface area contributed by atoms with Gasteiger partial charge in [0.05, 0.1) is 23.7 Å². The lowest BCUT2D eigenvalue weighted by atomic mass is 10.2. The Kier molecular flexibility index (Phi) is 3.92. The summed E-state index contributed by atoms with van der Waals surface area (Å²) in [7, 11) is 0.965. The number of rotatable bonds is 3. The van der Waals surface area contributed by atoms with Gasteiger partial charge in [0, 0.05) is 0 Å². The van der Waals surface area contributed by atoms with Crippen LogP contribution in [0.2, 0.25) is 0 Å². The third-order valence-electron chi connectivity index (χ3n) is 2.02. The summed E-state index contributed by atoms with van der Waals surface area (Å²) < 4.78 is 43.9. The van der Waals surface area contributed by atoms with E-state index in [2.05, 4.69) is 14.5 Å². The summed E-state index contributed by atoms with van der Waals surface area (Å²) in [6.07, 6.45) is -5.08. The number of nitro groups is 1. The largest absolute Gasteiger partial charge is 0.574 e. The van der Waals surface area contributed by atoms with Crippen LogP contribution in [0.25, 0.3) is 0 Å². The predicted molar refractivity (Wildman–Crippen MR) is 53.7 cm³/mol. The first kappa shape index (κ1) is 14.7. The van der Waals surface area contributed by atoms with E-state index in [0.29, 0.717) is 6.07 Å². The Bertz CT molecular complexity index is 529. The van der Waals surface area contributed by atoms with Gasteiger partial charge < -0.3 is 9.47 Å². The molecule has 1 aromatic heterocycles. The molecule has 0 unspecified atom stereocenters. The fourth-order valence-corrected chi connectivity index (χ4v) is 1.23. The maximum atomic E-state index is 12.0. The van der Waals surface area contributed by atoms with Gasteiger partial charge in [-0.2, -0.15) is 0 Å². The molecule has 19 heavy (non-hydrogen) atoms. The lowest BCUT2D eigenvalue weighted by Gasteiger charge is -2.10. The topological polar surface area (TPSA) is 91.6 Å². The number of halogens is 3. The number of esters is 1. The van der Waals surface area contributed by atoms with Gasteiger partial charge in [0.25, 0.3) is 5.69 Å². The first-order chi connectivity index (χ1) is 8.65. The number of carbonyl (C=O) groups excluding carboxylic acids is 1. The summed E-state index contributed by atoms with van der Waals surface area (Å²) in [5.41, 5.74) is -1.56. The van der Waals surface area contributed by atoms with E-state index >= 15 is 0 Å². The molecule has 0 saturated carbocycles. The molecule has 0 N–H and O–H groups in total. The molecule has 0 bridgehead atoms. The van der Waals surface area contributed by atoms with Crippen molar-refractivity contribution in [2.45, 2.75) is 13.3 Å². The number of methoxy groups -OCH3 is 1. The number of pyridine rings is 1. The molecule has 0 aliphatic rings. The van der Waals surface area contributed by atoms with E-state index in [1.54, 1.807) is 0 Å². The van der Waals surface area contributed by atoms with E-state index in [1.165, 1.54) is 0 Å². The molecule has 0 fully saturated rings. The van der Waals surface area contributed by atoms with Crippen molar-refractivity contribution in [1.82, 2.24) is 4.98 Å². The molecule has 7 nitrogen and oxygen atoms in total. The van der Waals surface area contributed by atoms with Crippen molar-refractivity contribution in [3.63, 3.8) is 0 Å². The van der Waals surface area contributed by atoms with Gasteiger partial charge >= 0.3 is 12.3 Å². The first-order valence-corrected chi connectivity index (χ1v) is 4.66. The Morgan fingerprint density at radius 2 is 2.05 bits per heavy atom. The van der Waals surface area contributed by atoms with Gasteiger partial charge in [-0.25, -0.2) is 9.78 Å². The van der Waals surface area contributed by atoms with Crippen molar-refractivity contribution in [3.05, 3.63) is 27.4 Å². The molecular formula is C9H7F3N2O5. The molecule has 0 aliphatic carbocycles. The van der Waals surface area contributed by atoms with Crippen LogP contribution in [0.3, 0.4) is 0 Å². The predicted octanol–water partition coefficient (Wildman–Crippen LogP) is 1.98. The van der Waals surface area contributed by atoms with Crippen molar-refractivity contribution in [2.75, 3.05) is 7.11 Å². The second kappa shape index (κ2) is 5.08. The minimum atomic E-state index is -5.08. The van der Waals surface area contributed by atoms with Gasteiger partial charge in [-0.1, -0.05) is 0 Å². The molecule has 10 heteroatoms. The van der Waals surface area contributed by atoms with Crippen LogP contribution in [-0.4, -0.2) is 29.3 Å². The third-order valence-corrected chi connectivity index (χ3v) is 2.02. The van der Waals surface area contributed by atoms with E-state index < -0.39 is 34.5 Å². The molecule has 1 aromatic rings. The Morgan fingerprint density at radius 3 is 2.47 bits per heavy atom. The molecule has 1 rings (SSSR count). The van der Waals surface area contributed by atoms with Gasteiger partial charge in [-0.05, 0) is 6.92 Å². The summed E-state index contributed by atoms with van der Waals surface area (Å²) >= 11 is 0. The Hall–Kier alpha value is -2.39. The van der Waals surface area contributed by atoms with Crippen LogP contribution in [0.5, 0.6) is 5.88 Å². The first-order valence-electron chi connectivity index (χ1n) is 4.66. The summed E-state index contributed by atoms with van der Waals surface area (Å²) in [4.78, 5) is 24.3. The van der Waals surface area contributed by atoms with E-state index in [1.807, 2.05) is 0 Å². The molecule has 104 valence electrons. The fourth-order valence-electron chi connectivity index (χ4n) is 1.23. The summed E-state index contributed by atoms with van der Waals surface area (Å²) in [6, 6.07) is 0.481. The van der Waals surface area contributed by atoms with Gasteiger partial charge in [-0.15, -0.1) is 13.2 Å². The molecule has 1 heterocycles. The van der Waals surface area contributed by atoms with Gasteiger partial charge in [0.2, 0.25) is 5.88 Å². The SMILES string of the molecule is COC(=O)c1nc(OC(F)(F)F)cc([N+](=O)[O-])c1C. The number of hydrogen-bond donors (Lipinski definition) is 0. The van der Waals surface area contributed by atoms with Crippen LogP contribution in [0.4, 0.5) is 18.9 Å². The Morgan fingerprint density at radius 1 is 1.47 bits per heavy atom. The maximum Gasteiger partial charge on any atom is 0.574 e. The Balaban J connectivity index is 3.39. The molecule has 0 aliphatic heterocycles. The second-order valence-corrected chi connectivity index (χ2v) is 3.25.